The Morgan fingerprint density at radius 3 is 1.52 bits per heavy atom. The Hall–Kier alpha value is -3.20. The Kier molecular flexibility index (Phi) is 4.36. The fourth-order valence-corrected chi connectivity index (χ4v) is 3.01. The third-order valence-corrected chi connectivity index (χ3v) is 4.66. The molecular formula is C24H22N2O. The van der Waals surface area contributed by atoms with Crippen LogP contribution < -0.4 is 0 Å². The molecule has 0 unspecified atom stereocenters. The Bertz CT molecular complexity index is 1020. The number of nitrogens with zero attached hydrogens (tertiary/aromatic N) is 2. The van der Waals surface area contributed by atoms with Crippen LogP contribution in [0.3, 0.4) is 0 Å². The van der Waals surface area contributed by atoms with E-state index in [1.54, 1.807) is 0 Å². The van der Waals surface area contributed by atoms with Gasteiger partial charge < -0.3 is 4.42 Å². The molecule has 0 saturated heterocycles. The lowest BCUT2D eigenvalue weighted by molar-refractivity contribution is 0.584. The second-order valence-electron chi connectivity index (χ2n) is 7.68. The van der Waals surface area contributed by atoms with Crippen LogP contribution in [0.2, 0.25) is 0 Å². The molecule has 0 bridgehead atoms. The van der Waals surface area contributed by atoms with Crippen molar-refractivity contribution in [3.8, 4) is 34.0 Å². The molecule has 3 nitrogen and oxygen atoms in total. The highest BCUT2D eigenvalue weighted by Gasteiger charge is 2.13. The van der Waals surface area contributed by atoms with Crippen molar-refractivity contribution >= 4 is 0 Å². The summed E-state index contributed by atoms with van der Waals surface area (Å²) in [4.78, 5) is 0. The van der Waals surface area contributed by atoms with Crippen molar-refractivity contribution in [2.45, 2.75) is 26.2 Å². The summed E-state index contributed by atoms with van der Waals surface area (Å²) >= 11 is 0. The van der Waals surface area contributed by atoms with Crippen molar-refractivity contribution < 1.29 is 4.42 Å². The van der Waals surface area contributed by atoms with Crippen molar-refractivity contribution in [2.24, 2.45) is 0 Å². The molecule has 0 saturated carbocycles. The first kappa shape index (κ1) is 17.2. The van der Waals surface area contributed by atoms with Crippen LogP contribution in [-0.4, -0.2) is 10.2 Å². The van der Waals surface area contributed by atoms with Gasteiger partial charge in [0.05, 0.1) is 0 Å². The number of hydrogen-bond donors (Lipinski definition) is 0. The highest BCUT2D eigenvalue weighted by atomic mass is 16.4. The van der Waals surface area contributed by atoms with Gasteiger partial charge in [0.15, 0.2) is 0 Å². The number of rotatable bonds is 3. The quantitative estimate of drug-likeness (QED) is 0.429. The lowest BCUT2D eigenvalue weighted by Gasteiger charge is -2.19. The number of aromatic nitrogens is 2. The first-order chi connectivity index (χ1) is 13.0. The standard InChI is InChI=1S/C24H22N2O/c1-24(2,3)21-15-13-18(14-16-21)17-9-11-20(12-10-17)23-26-25-22(27-23)19-7-5-4-6-8-19/h4-16H,1-3H3. The normalized spacial score (nSPS) is 11.5. The largest absolute Gasteiger partial charge is 0.416 e. The Balaban J connectivity index is 1.57. The molecule has 0 spiro atoms. The smallest absolute Gasteiger partial charge is 0.248 e. The maximum atomic E-state index is 5.83. The Morgan fingerprint density at radius 2 is 1.00 bits per heavy atom. The summed E-state index contributed by atoms with van der Waals surface area (Å²) in [7, 11) is 0. The molecule has 0 N–H and O–H groups in total. The first-order valence-corrected chi connectivity index (χ1v) is 9.11. The van der Waals surface area contributed by atoms with Gasteiger partial charge in [-0.2, -0.15) is 0 Å². The molecule has 0 aliphatic heterocycles. The van der Waals surface area contributed by atoms with Crippen LogP contribution in [0.15, 0.2) is 83.3 Å². The fraction of sp³-hybridized carbons (Fsp3) is 0.167. The summed E-state index contributed by atoms with van der Waals surface area (Å²) in [5, 5.41) is 8.35. The predicted octanol–water partition coefficient (Wildman–Crippen LogP) is 6.37. The van der Waals surface area contributed by atoms with Crippen molar-refractivity contribution in [3.05, 3.63) is 84.4 Å². The minimum absolute atomic E-state index is 0.163. The molecule has 1 aromatic heterocycles. The highest BCUT2D eigenvalue weighted by molar-refractivity contribution is 5.68. The van der Waals surface area contributed by atoms with E-state index in [4.69, 9.17) is 4.42 Å². The van der Waals surface area contributed by atoms with E-state index in [1.807, 2.05) is 42.5 Å². The zero-order chi connectivity index (χ0) is 18.9. The molecule has 3 aromatic carbocycles. The van der Waals surface area contributed by atoms with Gasteiger partial charge in [0.2, 0.25) is 11.8 Å². The van der Waals surface area contributed by atoms with E-state index >= 15 is 0 Å². The monoisotopic (exact) mass is 354 g/mol. The minimum atomic E-state index is 0.163. The average molecular weight is 354 g/mol. The van der Waals surface area contributed by atoms with Gasteiger partial charge in [0.1, 0.15) is 0 Å². The number of benzene rings is 3. The van der Waals surface area contributed by atoms with Crippen LogP contribution in [0.1, 0.15) is 26.3 Å². The van der Waals surface area contributed by atoms with Crippen LogP contribution >= 0.6 is 0 Å². The molecule has 1 heterocycles. The maximum absolute atomic E-state index is 5.83. The third-order valence-electron chi connectivity index (χ3n) is 4.66. The summed E-state index contributed by atoms with van der Waals surface area (Å²) in [5.41, 5.74) is 5.71. The molecule has 0 fully saturated rings. The van der Waals surface area contributed by atoms with Crippen LogP contribution in [-0.2, 0) is 5.41 Å². The molecule has 0 radical (unpaired) electrons. The minimum Gasteiger partial charge on any atom is -0.416 e. The van der Waals surface area contributed by atoms with Crippen molar-refractivity contribution in [1.29, 1.82) is 0 Å². The van der Waals surface area contributed by atoms with Crippen LogP contribution in [0.25, 0.3) is 34.0 Å². The van der Waals surface area contributed by atoms with E-state index in [-0.39, 0.29) is 5.41 Å². The average Bonchev–Trinajstić information content (AvgIpc) is 3.19. The van der Waals surface area contributed by atoms with Crippen molar-refractivity contribution in [3.63, 3.8) is 0 Å². The summed E-state index contributed by atoms with van der Waals surface area (Å²) in [6, 6.07) is 26.8. The SMILES string of the molecule is CC(C)(C)c1ccc(-c2ccc(-c3nnc(-c4ccccc4)o3)cc2)cc1. The summed E-state index contributed by atoms with van der Waals surface area (Å²) in [6.45, 7) is 6.68. The lowest BCUT2D eigenvalue weighted by atomic mass is 9.86. The fourth-order valence-electron chi connectivity index (χ4n) is 3.01. The molecule has 0 aliphatic carbocycles. The van der Waals surface area contributed by atoms with E-state index in [1.165, 1.54) is 16.7 Å². The molecule has 0 amide bonds. The van der Waals surface area contributed by atoms with Gasteiger partial charge in [-0.3, -0.25) is 0 Å². The maximum Gasteiger partial charge on any atom is 0.248 e. The summed E-state index contributed by atoms with van der Waals surface area (Å²) in [6.07, 6.45) is 0. The number of hydrogen-bond acceptors (Lipinski definition) is 3. The van der Waals surface area contributed by atoms with Gasteiger partial charge in [-0.05, 0) is 46.4 Å². The van der Waals surface area contributed by atoms with Gasteiger partial charge >= 0.3 is 0 Å². The third kappa shape index (κ3) is 3.68. The van der Waals surface area contributed by atoms with Crippen LogP contribution in [0, 0.1) is 0 Å². The van der Waals surface area contributed by atoms with E-state index in [0.29, 0.717) is 11.8 Å². The second-order valence-corrected chi connectivity index (χ2v) is 7.68. The van der Waals surface area contributed by atoms with E-state index in [2.05, 4.69) is 67.4 Å². The Labute approximate surface area is 159 Å². The van der Waals surface area contributed by atoms with E-state index in [9.17, 15) is 0 Å². The van der Waals surface area contributed by atoms with Crippen molar-refractivity contribution in [1.82, 2.24) is 10.2 Å². The van der Waals surface area contributed by atoms with Crippen LogP contribution in [0.5, 0.6) is 0 Å². The molecule has 0 aliphatic rings. The zero-order valence-electron chi connectivity index (χ0n) is 15.8. The predicted molar refractivity (Wildman–Crippen MR) is 109 cm³/mol. The van der Waals surface area contributed by atoms with Crippen molar-refractivity contribution in [2.75, 3.05) is 0 Å². The van der Waals surface area contributed by atoms with Gasteiger partial charge in [-0.15, -0.1) is 10.2 Å². The van der Waals surface area contributed by atoms with Gasteiger partial charge in [0.25, 0.3) is 0 Å². The molecule has 0 atom stereocenters. The highest BCUT2D eigenvalue weighted by Crippen LogP contribution is 2.28. The Morgan fingerprint density at radius 1 is 0.556 bits per heavy atom. The first-order valence-electron chi connectivity index (χ1n) is 9.11. The molecule has 27 heavy (non-hydrogen) atoms. The topological polar surface area (TPSA) is 38.9 Å². The van der Waals surface area contributed by atoms with E-state index in [0.717, 1.165) is 11.1 Å². The van der Waals surface area contributed by atoms with Gasteiger partial charge in [-0.25, -0.2) is 0 Å². The molecule has 4 rings (SSSR count). The van der Waals surface area contributed by atoms with Gasteiger partial charge in [-0.1, -0.05) is 75.4 Å². The molecule has 3 heteroatoms. The molecular weight excluding hydrogens is 332 g/mol. The molecule has 134 valence electrons. The molecule has 4 aromatic rings. The van der Waals surface area contributed by atoms with Crippen LogP contribution in [0.4, 0.5) is 0 Å². The summed E-state index contributed by atoms with van der Waals surface area (Å²) < 4.78 is 5.83. The van der Waals surface area contributed by atoms with Gasteiger partial charge in [0, 0.05) is 11.1 Å². The summed E-state index contributed by atoms with van der Waals surface area (Å²) in [5.74, 6) is 1.07. The zero-order valence-corrected chi connectivity index (χ0v) is 15.8. The van der Waals surface area contributed by atoms with E-state index < -0.39 is 0 Å². The lowest BCUT2D eigenvalue weighted by Crippen LogP contribution is -2.10. The second kappa shape index (κ2) is 6.84.